The third kappa shape index (κ3) is 6.52. The summed E-state index contributed by atoms with van der Waals surface area (Å²) in [5, 5.41) is 7.45. The quantitative estimate of drug-likeness (QED) is 0.195. The van der Waals surface area contributed by atoms with Crippen LogP contribution in [0.15, 0.2) is 36.4 Å². The molecule has 3 unspecified atom stereocenters. The van der Waals surface area contributed by atoms with E-state index in [-0.39, 0.29) is 23.8 Å². The molecule has 5 rings (SSSR count). The van der Waals surface area contributed by atoms with Crippen molar-refractivity contribution in [1.82, 2.24) is 20.6 Å². The van der Waals surface area contributed by atoms with E-state index in [9.17, 15) is 9.59 Å². The first-order valence-corrected chi connectivity index (χ1v) is 15.8. The van der Waals surface area contributed by atoms with Crippen LogP contribution in [0.25, 0.3) is 22.4 Å². The van der Waals surface area contributed by atoms with Gasteiger partial charge in [0.2, 0.25) is 5.91 Å². The number of nitrogens with two attached hydrogens (primary N) is 1. The first-order valence-electron chi connectivity index (χ1n) is 13.4. The van der Waals surface area contributed by atoms with Gasteiger partial charge in [-0.3, -0.25) is 9.59 Å². The van der Waals surface area contributed by atoms with Gasteiger partial charge in [-0.15, -0.1) is 0 Å². The van der Waals surface area contributed by atoms with Crippen LogP contribution in [0.2, 0.25) is 0 Å². The second-order valence-corrected chi connectivity index (χ2v) is 12.9. The predicted molar refractivity (Wildman–Crippen MR) is 153 cm³/mol. The second kappa shape index (κ2) is 12.5. The summed E-state index contributed by atoms with van der Waals surface area (Å²) >= 11 is 0. The lowest BCUT2D eigenvalue weighted by atomic mass is 9.92. The molecule has 0 spiro atoms. The van der Waals surface area contributed by atoms with Crippen molar-refractivity contribution in [3.05, 3.63) is 53.3 Å². The molecule has 0 saturated carbocycles. The summed E-state index contributed by atoms with van der Waals surface area (Å²) in [6.07, 6.45) is 8.03. The van der Waals surface area contributed by atoms with E-state index in [2.05, 4.69) is 20.6 Å². The molecule has 7 nitrogen and oxygen atoms in total. The molecule has 10 heteroatoms. The zero-order valence-electron chi connectivity index (χ0n) is 21.3. The number of nitrogens with zero attached hydrogens (tertiary/aromatic N) is 1. The van der Waals surface area contributed by atoms with Crippen LogP contribution in [-0.2, 0) is 4.79 Å². The van der Waals surface area contributed by atoms with Crippen LogP contribution < -0.4 is 16.4 Å². The highest BCUT2D eigenvalue weighted by molar-refractivity contribution is 8.77. The van der Waals surface area contributed by atoms with Gasteiger partial charge in [-0.1, -0.05) is 40.1 Å². The van der Waals surface area contributed by atoms with Crippen LogP contribution in [0, 0.1) is 5.82 Å². The zero-order chi connectivity index (χ0) is 26.5. The van der Waals surface area contributed by atoms with Crippen molar-refractivity contribution in [3.63, 3.8) is 0 Å². The van der Waals surface area contributed by atoms with E-state index in [1.165, 1.54) is 18.6 Å². The van der Waals surface area contributed by atoms with Gasteiger partial charge in [-0.25, -0.2) is 9.37 Å². The highest BCUT2D eigenvalue weighted by atomic mass is 33.1. The number of piperidine rings is 1. The van der Waals surface area contributed by atoms with Crippen molar-refractivity contribution >= 4 is 44.4 Å². The van der Waals surface area contributed by atoms with E-state index in [1.807, 2.05) is 27.7 Å². The Morgan fingerprint density at radius 2 is 2.05 bits per heavy atom. The molecule has 38 heavy (non-hydrogen) atoms. The summed E-state index contributed by atoms with van der Waals surface area (Å²) in [6.45, 7) is 0.589. The maximum Gasteiger partial charge on any atom is 0.250 e. The first kappa shape index (κ1) is 27.0. The van der Waals surface area contributed by atoms with Crippen LogP contribution in [0.1, 0.15) is 73.3 Å². The Hall–Kier alpha value is -2.56. The average molecular weight is 556 g/mol. The number of para-hydroxylation sites is 1. The molecule has 2 saturated heterocycles. The van der Waals surface area contributed by atoms with Crippen molar-refractivity contribution < 1.29 is 14.0 Å². The number of imidazole rings is 1. The molecular weight excluding hydrogens is 521 g/mol. The molecule has 3 heterocycles. The molecule has 2 aliphatic rings. The number of benzene rings is 2. The number of unbranched alkanes of at least 4 members (excludes halogenated alkanes) is 1. The first-order chi connectivity index (χ1) is 18.5. The fourth-order valence-corrected chi connectivity index (χ4v) is 8.32. The Labute approximate surface area is 230 Å². The van der Waals surface area contributed by atoms with E-state index in [4.69, 9.17) is 5.73 Å². The number of carbonyl (C=O) groups is 2. The lowest BCUT2D eigenvalue weighted by molar-refractivity contribution is -0.121. The van der Waals surface area contributed by atoms with E-state index < -0.39 is 5.91 Å². The number of aromatic amines is 1. The molecule has 2 aromatic carbocycles. The lowest BCUT2D eigenvalue weighted by Crippen LogP contribution is -2.44. The molecule has 5 N–H and O–H groups in total. The van der Waals surface area contributed by atoms with Gasteiger partial charge in [-0.05, 0) is 68.4 Å². The molecule has 3 aromatic rings. The normalized spacial score (nSPS) is 21.6. The minimum atomic E-state index is -0.573. The van der Waals surface area contributed by atoms with Crippen molar-refractivity contribution in [2.45, 2.75) is 68.7 Å². The Morgan fingerprint density at radius 3 is 2.84 bits per heavy atom. The van der Waals surface area contributed by atoms with Gasteiger partial charge in [0, 0.05) is 36.1 Å². The molecule has 3 atom stereocenters. The third-order valence-electron chi connectivity index (χ3n) is 7.36. The van der Waals surface area contributed by atoms with Crippen LogP contribution in [-0.4, -0.2) is 45.4 Å². The van der Waals surface area contributed by atoms with Crippen LogP contribution >= 0.6 is 21.6 Å². The molecule has 2 aliphatic heterocycles. The van der Waals surface area contributed by atoms with Gasteiger partial charge in [0.25, 0.3) is 5.91 Å². The number of aromatic nitrogens is 2. The summed E-state index contributed by atoms with van der Waals surface area (Å²) in [7, 11) is 3.96. The van der Waals surface area contributed by atoms with E-state index >= 15 is 4.39 Å². The number of hydrogen-bond acceptors (Lipinski definition) is 6. The lowest BCUT2D eigenvalue weighted by Gasteiger charge is -2.31. The monoisotopic (exact) mass is 555 g/mol. The molecule has 1 aromatic heterocycles. The van der Waals surface area contributed by atoms with Crippen LogP contribution in [0.4, 0.5) is 4.39 Å². The van der Waals surface area contributed by atoms with Gasteiger partial charge in [0.05, 0.1) is 16.6 Å². The Morgan fingerprint density at radius 1 is 1.16 bits per heavy atom. The molecule has 0 bridgehead atoms. The number of carbonyl (C=O) groups excluding carboxylic acids is 2. The number of hydrogen-bond donors (Lipinski definition) is 4. The average Bonchev–Trinajstić information content (AvgIpc) is 3.60. The van der Waals surface area contributed by atoms with Gasteiger partial charge in [0.1, 0.15) is 17.2 Å². The smallest absolute Gasteiger partial charge is 0.250 e. The number of halogens is 1. The zero-order valence-corrected chi connectivity index (χ0v) is 22.9. The second-order valence-electron chi connectivity index (χ2n) is 10.1. The summed E-state index contributed by atoms with van der Waals surface area (Å²) in [4.78, 5) is 31.6. The van der Waals surface area contributed by atoms with E-state index in [0.29, 0.717) is 41.0 Å². The molecule has 0 aliphatic carbocycles. The number of primary amides is 1. The van der Waals surface area contributed by atoms with Crippen molar-refractivity contribution in [3.8, 4) is 11.4 Å². The highest BCUT2D eigenvalue weighted by Crippen LogP contribution is 2.40. The number of amides is 2. The molecular formula is C28H34FN5O2S2. The van der Waals surface area contributed by atoms with Crippen LogP contribution in [0.3, 0.4) is 0 Å². The minimum Gasteiger partial charge on any atom is -0.366 e. The number of rotatable bonds is 10. The summed E-state index contributed by atoms with van der Waals surface area (Å²) < 4.78 is 15.2. The Balaban J connectivity index is 1.15. The van der Waals surface area contributed by atoms with Crippen molar-refractivity contribution in [2.75, 3.05) is 12.3 Å². The van der Waals surface area contributed by atoms with Gasteiger partial charge in [-0.2, -0.15) is 0 Å². The maximum atomic E-state index is 15.2. The van der Waals surface area contributed by atoms with E-state index in [0.717, 1.165) is 42.9 Å². The Bertz CT molecular complexity index is 1290. The standard InChI is InChI=1S/C28H34FN5O2S2/c29-22-15-17(11-12-20(22)28-33-24-9-4-7-21(27(30)36)26(24)34-28)23-8-3-5-18(32-23)16-31-25(35)10-2-1-6-19-13-14-37-38-19/h4,7,9,11-12,15,18-19,23,32H,1-3,5-6,8,10,13-14,16H2,(H2,30,36)(H,31,35)(H,33,34). The molecule has 0 radical (unpaired) electrons. The van der Waals surface area contributed by atoms with Crippen LogP contribution in [0.5, 0.6) is 0 Å². The third-order valence-corrected chi connectivity index (χ3v) is 10.4. The molecule has 2 amide bonds. The number of H-pyrrole nitrogens is 1. The van der Waals surface area contributed by atoms with Crippen molar-refractivity contribution in [2.24, 2.45) is 5.73 Å². The topological polar surface area (TPSA) is 113 Å². The summed E-state index contributed by atoms with van der Waals surface area (Å²) in [5.41, 5.74) is 8.04. The fraction of sp³-hybridized carbons (Fsp3) is 0.464. The fourth-order valence-electron chi connectivity index (χ4n) is 5.29. The molecule has 2 fully saturated rings. The van der Waals surface area contributed by atoms with Gasteiger partial charge < -0.3 is 21.4 Å². The van der Waals surface area contributed by atoms with Gasteiger partial charge in [0.15, 0.2) is 0 Å². The highest BCUT2D eigenvalue weighted by Gasteiger charge is 2.24. The number of fused-ring (bicyclic) bond motifs is 1. The largest absolute Gasteiger partial charge is 0.366 e. The summed E-state index contributed by atoms with van der Waals surface area (Å²) in [5.74, 6) is 0.770. The Kier molecular flexibility index (Phi) is 8.91. The molecule has 202 valence electrons. The van der Waals surface area contributed by atoms with Crippen molar-refractivity contribution in [1.29, 1.82) is 0 Å². The predicted octanol–water partition coefficient (Wildman–Crippen LogP) is 5.48. The maximum absolute atomic E-state index is 15.2. The van der Waals surface area contributed by atoms with E-state index in [1.54, 1.807) is 30.3 Å². The summed E-state index contributed by atoms with van der Waals surface area (Å²) in [6, 6.07) is 10.5. The minimum absolute atomic E-state index is 0.0214. The number of nitrogens with one attached hydrogen (secondary N) is 3. The van der Waals surface area contributed by atoms with Gasteiger partial charge >= 0.3 is 0 Å². The SMILES string of the molecule is NC(=O)c1cccc2[nH]c(-c3ccc(C4CCCC(CNC(=O)CCCCC5CCSS5)N4)cc3F)nc12.